The Morgan fingerprint density at radius 3 is 2.53 bits per heavy atom. The Labute approximate surface area is 122 Å². The molecule has 0 aromatic heterocycles. The smallest absolute Gasteiger partial charge is 0.225 e. The van der Waals surface area contributed by atoms with Crippen molar-refractivity contribution >= 4 is 18.3 Å². The Morgan fingerprint density at radius 2 is 1.74 bits per heavy atom. The molecular formula is C15H27ClN2O. The Morgan fingerprint density at radius 1 is 1.00 bits per heavy atom. The second-order valence-electron chi connectivity index (χ2n) is 6.56. The van der Waals surface area contributed by atoms with E-state index in [-0.39, 0.29) is 24.4 Å². The van der Waals surface area contributed by atoms with Gasteiger partial charge in [0.2, 0.25) is 5.91 Å². The summed E-state index contributed by atoms with van der Waals surface area (Å²) in [5.41, 5.74) is 6.03. The van der Waals surface area contributed by atoms with E-state index >= 15 is 0 Å². The summed E-state index contributed by atoms with van der Waals surface area (Å²) in [6.07, 6.45) is 10.7. The molecule has 19 heavy (non-hydrogen) atoms. The molecule has 4 heteroatoms. The lowest BCUT2D eigenvalue weighted by atomic mass is 9.83. The van der Waals surface area contributed by atoms with Crippen LogP contribution in [0.3, 0.4) is 0 Å². The molecule has 110 valence electrons. The van der Waals surface area contributed by atoms with Gasteiger partial charge in [0.05, 0.1) is 0 Å². The number of nitrogens with zero attached hydrogens (tertiary/aromatic N) is 1. The van der Waals surface area contributed by atoms with Gasteiger partial charge in [-0.3, -0.25) is 4.79 Å². The summed E-state index contributed by atoms with van der Waals surface area (Å²) in [5.74, 6) is 1.47. The van der Waals surface area contributed by atoms with Crippen molar-refractivity contribution in [2.45, 2.75) is 69.9 Å². The van der Waals surface area contributed by atoms with E-state index in [9.17, 15) is 4.79 Å². The fourth-order valence-corrected chi connectivity index (χ4v) is 4.41. The maximum absolute atomic E-state index is 12.7. The van der Waals surface area contributed by atoms with Crippen LogP contribution in [0.2, 0.25) is 0 Å². The molecule has 0 bridgehead atoms. The molecule has 0 aromatic rings. The molecule has 1 aliphatic heterocycles. The second kappa shape index (κ2) is 6.45. The van der Waals surface area contributed by atoms with Crippen molar-refractivity contribution in [2.24, 2.45) is 17.6 Å². The zero-order valence-electron chi connectivity index (χ0n) is 11.7. The van der Waals surface area contributed by atoms with Gasteiger partial charge in [0.15, 0.2) is 0 Å². The highest BCUT2D eigenvalue weighted by Gasteiger charge is 2.39. The first-order valence-corrected chi connectivity index (χ1v) is 7.82. The molecule has 1 heterocycles. The minimum atomic E-state index is 0. The number of carbonyl (C=O) groups is 1. The predicted molar refractivity (Wildman–Crippen MR) is 79.3 cm³/mol. The van der Waals surface area contributed by atoms with Gasteiger partial charge in [-0.2, -0.15) is 0 Å². The molecule has 1 saturated heterocycles. The van der Waals surface area contributed by atoms with Crippen molar-refractivity contribution in [1.82, 2.24) is 4.90 Å². The van der Waals surface area contributed by atoms with Crippen LogP contribution in [0.5, 0.6) is 0 Å². The summed E-state index contributed by atoms with van der Waals surface area (Å²) in [7, 11) is 0. The summed E-state index contributed by atoms with van der Waals surface area (Å²) < 4.78 is 0. The zero-order chi connectivity index (χ0) is 12.5. The van der Waals surface area contributed by atoms with E-state index in [4.69, 9.17) is 5.73 Å². The molecule has 0 radical (unpaired) electrons. The highest BCUT2D eigenvalue weighted by Crippen LogP contribution is 2.38. The van der Waals surface area contributed by atoms with Crippen molar-refractivity contribution in [2.75, 3.05) is 6.54 Å². The van der Waals surface area contributed by atoms with Gasteiger partial charge in [0, 0.05) is 24.5 Å². The maximum Gasteiger partial charge on any atom is 0.225 e. The SMILES string of the molecule is Cl.NC1CCCC(C(=O)N2CCCC3CCCC32)C1. The molecular weight excluding hydrogens is 260 g/mol. The van der Waals surface area contributed by atoms with Gasteiger partial charge in [0.1, 0.15) is 0 Å². The van der Waals surface area contributed by atoms with Crippen molar-refractivity contribution < 1.29 is 4.79 Å². The lowest BCUT2D eigenvalue weighted by Gasteiger charge is -2.40. The molecule has 3 rings (SSSR count). The number of rotatable bonds is 1. The van der Waals surface area contributed by atoms with Crippen molar-refractivity contribution in [3.63, 3.8) is 0 Å². The van der Waals surface area contributed by atoms with Crippen LogP contribution in [-0.4, -0.2) is 29.4 Å². The summed E-state index contributed by atoms with van der Waals surface area (Å²) >= 11 is 0. The average molecular weight is 287 g/mol. The molecule has 1 amide bonds. The largest absolute Gasteiger partial charge is 0.339 e. The monoisotopic (exact) mass is 286 g/mol. The standard InChI is InChI=1S/C15H26N2O.ClH/c16-13-7-1-5-12(10-13)15(18)17-9-3-6-11-4-2-8-14(11)17;/h11-14H,1-10,16H2;1H. The Kier molecular flexibility index (Phi) is 5.13. The first-order valence-electron chi connectivity index (χ1n) is 7.82. The van der Waals surface area contributed by atoms with Crippen LogP contribution >= 0.6 is 12.4 Å². The third kappa shape index (κ3) is 3.08. The van der Waals surface area contributed by atoms with E-state index in [2.05, 4.69) is 4.90 Å². The lowest BCUT2D eigenvalue weighted by molar-refractivity contribution is -0.141. The Balaban J connectivity index is 0.00000133. The minimum absolute atomic E-state index is 0. The molecule has 4 atom stereocenters. The van der Waals surface area contributed by atoms with Crippen LogP contribution in [-0.2, 0) is 4.79 Å². The van der Waals surface area contributed by atoms with E-state index in [1.807, 2.05) is 0 Å². The van der Waals surface area contributed by atoms with Crippen LogP contribution in [0, 0.1) is 11.8 Å². The maximum atomic E-state index is 12.7. The molecule has 0 spiro atoms. The number of nitrogens with two attached hydrogens (primary N) is 1. The van der Waals surface area contributed by atoms with Crippen LogP contribution < -0.4 is 5.73 Å². The number of halogens is 1. The van der Waals surface area contributed by atoms with E-state index in [1.54, 1.807) is 0 Å². The second-order valence-corrected chi connectivity index (χ2v) is 6.56. The molecule has 2 saturated carbocycles. The van der Waals surface area contributed by atoms with Crippen molar-refractivity contribution in [1.29, 1.82) is 0 Å². The van der Waals surface area contributed by atoms with E-state index in [1.165, 1.54) is 32.1 Å². The normalized spacial score (nSPS) is 38.5. The summed E-state index contributed by atoms with van der Waals surface area (Å²) in [6, 6.07) is 0.835. The highest BCUT2D eigenvalue weighted by atomic mass is 35.5. The first kappa shape index (κ1) is 15.1. The van der Waals surface area contributed by atoms with Gasteiger partial charge in [-0.1, -0.05) is 12.8 Å². The predicted octanol–water partition coefficient (Wildman–Crippen LogP) is 2.72. The van der Waals surface area contributed by atoms with E-state index < -0.39 is 0 Å². The fourth-order valence-electron chi connectivity index (χ4n) is 4.41. The van der Waals surface area contributed by atoms with Crippen molar-refractivity contribution in [3.05, 3.63) is 0 Å². The third-order valence-electron chi connectivity index (χ3n) is 5.34. The van der Waals surface area contributed by atoms with Gasteiger partial charge in [0.25, 0.3) is 0 Å². The summed E-state index contributed by atoms with van der Waals surface area (Å²) in [6.45, 7) is 1.01. The Hall–Kier alpha value is -0.280. The zero-order valence-corrected chi connectivity index (χ0v) is 12.5. The number of hydrogen-bond donors (Lipinski definition) is 1. The number of carbonyl (C=O) groups excluding carboxylic acids is 1. The van der Waals surface area contributed by atoms with Crippen LogP contribution in [0.25, 0.3) is 0 Å². The molecule has 4 unspecified atom stereocenters. The van der Waals surface area contributed by atoms with Gasteiger partial charge in [-0.05, 0) is 50.9 Å². The van der Waals surface area contributed by atoms with Gasteiger partial charge < -0.3 is 10.6 Å². The Bertz CT molecular complexity index is 323. The van der Waals surface area contributed by atoms with Gasteiger partial charge in [-0.15, -0.1) is 12.4 Å². The average Bonchev–Trinajstić information content (AvgIpc) is 2.86. The van der Waals surface area contributed by atoms with Crippen molar-refractivity contribution in [3.8, 4) is 0 Å². The molecule has 2 N–H and O–H groups in total. The number of fused-ring (bicyclic) bond motifs is 1. The minimum Gasteiger partial charge on any atom is -0.339 e. The molecule has 3 fully saturated rings. The summed E-state index contributed by atoms with van der Waals surface area (Å²) in [5, 5.41) is 0. The molecule has 3 aliphatic rings. The highest BCUT2D eigenvalue weighted by molar-refractivity contribution is 5.85. The number of amides is 1. The topological polar surface area (TPSA) is 46.3 Å². The van der Waals surface area contributed by atoms with E-state index in [0.29, 0.717) is 11.9 Å². The first-order chi connectivity index (χ1) is 8.75. The third-order valence-corrected chi connectivity index (χ3v) is 5.34. The molecule has 3 nitrogen and oxygen atoms in total. The fraction of sp³-hybridized carbons (Fsp3) is 0.933. The summed E-state index contributed by atoms with van der Waals surface area (Å²) in [4.78, 5) is 15.0. The lowest BCUT2D eigenvalue weighted by Crippen LogP contribution is -2.49. The van der Waals surface area contributed by atoms with Crippen LogP contribution in [0.15, 0.2) is 0 Å². The van der Waals surface area contributed by atoms with Gasteiger partial charge in [-0.25, -0.2) is 0 Å². The molecule has 0 aromatic carbocycles. The molecule has 2 aliphatic carbocycles. The number of piperidine rings is 1. The number of hydrogen-bond acceptors (Lipinski definition) is 2. The van der Waals surface area contributed by atoms with E-state index in [0.717, 1.165) is 38.1 Å². The number of likely N-dealkylation sites (tertiary alicyclic amines) is 1. The van der Waals surface area contributed by atoms with Crippen LogP contribution in [0.4, 0.5) is 0 Å². The van der Waals surface area contributed by atoms with Crippen LogP contribution in [0.1, 0.15) is 57.8 Å². The quantitative estimate of drug-likeness (QED) is 0.806. The van der Waals surface area contributed by atoms with Gasteiger partial charge >= 0.3 is 0 Å².